The number of aromatic nitrogens is 4. The minimum atomic E-state index is -4.63. The number of alkyl halides is 3. The zero-order chi connectivity index (χ0) is 17.4. The fraction of sp³-hybridized carbons (Fsp3) is 0.462. The summed E-state index contributed by atoms with van der Waals surface area (Å²) in [5.41, 5.74) is 0.389. The van der Waals surface area contributed by atoms with Crippen LogP contribution < -0.4 is 5.32 Å². The molecule has 23 heavy (non-hydrogen) atoms. The Kier molecular flexibility index (Phi) is 4.83. The van der Waals surface area contributed by atoms with Gasteiger partial charge >= 0.3 is 6.18 Å². The highest BCUT2D eigenvalue weighted by Crippen LogP contribution is 2.35. The smallest absolute Gasteiger partial charge is 0.346 e. The number of carbonyl (C=O) groups is 1. The standard InChI is InChI=1S/C13H15BrF3N5O/c1-4-22-7(2)8(6-19-22)5-18-12(23)10-9(14)11(13(15,16)17)20-21(10)3/h6H,4-5H2,1-3H3,(H,18,23). The maximum Gasteiger partial charge on any atom is 0.436 e. The van der Waals surface area contributed by atoms with E-state index in [1.165, 1.54) is 7.05 Å². The van der Waals surface area contributed by atoms with Gasteiger partial charge in [-0.3, -0.25) is 14.2 Å². The molecule has 0 atom stereocenters. The third-order valence-corrected chi connectivity index (χ3v) is 4.17. The van der Waals surface area contributed by atoms with Crippen molar-refractivity contribution in [2.45, 2.75) is 33.1 Å². The van der Waals surface area contributed by atoms with E-state index in [0.29, 0.717) is 6.54 Å². The summed E-state index contributed by atoms with van der Waals surface area (Å²) in [4.78, 5) is 12.2. The van der Waals surface area contributed by atoms with E-state index in [1.54, 1.807) is 10.9 Å². The van der Waals surface area contributed by atoms with Crippen molar-refractivity contribution in [1.82, 2.24) is 24.9 Å². The van der Waals surface area contributed by atoms with E-state index in [2.05, 4.69) is 31.4 Å². The number of halogens is 4. The lowest BCUT2D eigenvalue weighted by Gasteiger charge is -2.06. The highest BCUT2D eigenvalue weighted by molar-refractivity contribution is 9.10. The van der Waals surface area contributed by atoms with Crippen LogP contribution in [0.5, 0.6) is 0 Å². The number of nitrogens with zero attached hydrogens (tertiary/aromatic N) is 4. The van der Waals surface area contributed by atoms with Gasteiger partial charge in [0.15, 0.2) is 5.69 Å². The van der Waals surface area contributed by atoms with Gasteiger partial charge in [0, 0.05) is 31.4 Å². The lowest BCUT2D eigenvalue weighted by Crippen LogP contribution is -2.25. The van der Waals surface area contributed by atoms with Gasteiger partial charge in [-0.2, -0.15) is 23.4 Å². The Labute approximate surface area is 138 Å². The highest BCUT2D eigenvalue weighted by Gasteiger charge is 2.39. The fourth-order valence-electron chi connectivity index (χ4n) is 2.16. The fourth-order valence-corrected chi connectivity index (χ4v) is 2.90. The Morgan fingerprint density at radius 3 is 2.57 bits per heavy atom. The molecule has 10 heteroatoms. The van der Waals surface area contributed by atoms with Crippen molar-refractivity contribution in [3.8, 4) is 0 Å². The summed E-state index contributed by atoms with van der Waals surface area (Å²) in [6.45, 7) is 4.67. The van der Waals surface area contributed by atoms with E-state index in [-0.39, 0.29) is 16.7 Å². The first-order chi connectivity index (χ1) is 10.7. The van der Waals surface area contributed by atoms with Gasteiger partial charge < -0.3 is 5.32 Å². The molecule has 0 bridgehead atoms. The second-order valence-corrected chi connectivity index (χ2v) is 5.68. The molecular formula is C13H15BrF3N5O. The van der Waals surface area contributed by atoms with E-state index >= 15 is 0 Å². The summed E-state index contributed by atoms with van der Waals surface area (Å²) >= 11 is 2.81. The van der Waals surface area contributed by atoms with Crippen molar-refractivity contribution < 1.29 is 18.0 Å². The van der Waals surface area contributed by atoms with Gasteiger partial charge in [-0.25, -0.2) is 0 Å². The molecule has 2 heterocycles. The highest BCUT2D eigenvalue weighted by atomic mass is 79.9. The first-order valence-electron chi connectivity index (χ1n) is 6.76. The molecule has 2 aromatic rings. The molecule has 0 aromatic carbocycles. The van der Waals surface area contributed by atoms with Crippen molar-refractivity contribution in [1.29, 1.82) is 0 Å². The van der Waals surface area contributed by atoms with Gasteiger partial charge in [-0.05, 0) is 29.8 Å². The number of hydrogen-bond donors (Lipinski definition) is 1. The van der Waals surface area contributed by atoms with Crippen LogP contribution in [-0.4, -0.2) is 25.5 Å². The molecule has 0 spiro atoms. The molecular weight excluding hydrogens is 379 g/mol. The van der Waals surface area contributed by atoms with Gasteiger partial charge in [-0.15, -0.1) is 0 Å². The number of aryl methyl sites for hydroxylation is 2. The van der Waals surface area contributed by atoms with E-state index < -0.39 is 17.8 Å². The van der Waals surface area contributed by atoms with E-state index in [4.69, 9.17) is 0 Å². The Morgan fingerprint density at radius 2 is 2.09 bits per heavy atom. The van der Waals surface area contributed by atoms with E-state index in [9.17, 15) is 18.0 Å². The SMILES string of the molecule is CCn1ncc(CNC(=O)c2c(Br)c(C(F)(F)F)nn2C)c1C. The van der Waals surface area contributed by atoms with Crippen LogP contribution in [0.25, 0.3) is 0 Å². The largest absolute Gasteiger partial charge is 0.436 e. The van der Waals surface area contributed by atoms with Crippen LogP contribution >= 0.6 is 15.9 Å². The maximum absolute atomic E-state index is 12.8. The Hall–Kier alpha value is -1.84. The van der Waals surface area contributed by atoms with Gasteiger partial charge in [0.05, 0.1) is 10.7 Å². The van der Waals surface area contributed by atoms with Gasteiger partial charge in [-0.1, -0.05) is 0 Å². The van der Waals surface area contributed by atoms with Crippen molar-refractivity contribution >= 4 is 21.8 Å². The molecule has 2 aromatic heterocycles. The number of nitrogens with one attached hydrogen (secondary N) is 1. The molecule has 0 aliphatic rings. The molecule has 0 fully saturated rings. The molecule has 0 aliphatic carbocycles. The maximum atomic E-state index is 12.8. The molecule has 2 rings (SSSR count). The second-order valence-electron chi connectivity index (χ2n) is 4.89. The molecule has 0 unspecified atom stereocenters. The van der Waals surface area contributed by atoms with Crippen molar-refractivity contribution in [3.63, 3.8) is 0 Å². The molecule has 6 nitrogen and oxygen atoms in total. The van der Waals surface area contributed by atoms with Crippen molar-refractivity contribution in [2.75, 3.05) is 0 Å². The second kappa shape index (κ2) is 6.34. The number of rotatable bonds is 4. The molecule has 1 N–H and O–H groups in total. The van der Waals surface area contributed by atoms with Crippen LogP contribution in [0.4, 0.5) is 13.2 Å². The molecule has 0 saturated carbocycles. The first kappa shape index (κ1) is 17.5. The van der Waals surface area contributed by atoms with Crippen molar-refractivity contribution in [3.05, 3.63) is 33.3 Å². The first-order valence-corrected chi connectivity index (χ1v) is 7.55. The average Bonchev–Trinajstić information content (AvgIpc) is 2.96. The summed E-state index contributed by atoms with van der Waals surface area (Å²) in [5.74, 6) is -0.647. The predicted octanol–water partition coefficient (Wildman–Crippen LogP) is 2.66. The lowest BCUT2D eigenvalue weighted by atomic mass is 10.2. The zero-order valence-electron chi connectivity index (χ0n) is 12.7. The third kappa shape index (κ3) is 3.41. The summed E-state index contributed by atoms with van der Waals surface area (Å²) in [6, 6.07) is 0. The van der Waals surface area contributed by atoms with Crippen molar-refractivity contribution in [2.24, 2.45) is 7.05 Å². The van der Waals surface area contributed by atoms with Gasteiger partial charge in [0.25, 0.3) is 5.91 Å². The molecule has 1 amide bonds. The summed E-state index contributed by atoms with van der Waals surface area (Å²) < 4.78 is 40.7. The minimum Gasteiger partial charge on any atom is -0.346 e. The zero-order valence-corrected chi connectivity index (χ0v) is 14.3. The van der Waals surface area contributed by atoms with Gasteiger partial charge in [0.2, 0.25) is 0 Å². The topological polar surface area (TPSA) is 64.7 Å². The summed E-state index contributed by atoms with van der Waals surface area (Å²) in [5, 5.41) is 10.1. The Morgan fingerprint density at radius 1 is 1.43 bits per heavy atom. The molecule has 0 radical (unpaired) electrons. The number of amides is 1. The number of hydrogen-bond acceptors (Lipinski definition) is 3. The molecule has 0 saturated heterocycles. The monoisotopic (exact) mass is 393 g/mol. The Bertz CT molecular complexity index is 735. The average molecular weight is 394 g/mol. The third-order valence-electron chi connectivity index (χ3n) is 3.42. The number of carbonyl (C=O) groups excluding carboxylic acids is 1. The lowest BCUT2D eigenvalue weighted by molar-refractivity contribution is -0.142. The van der Waals surface area contributed by atoms with Crippen LogP contribution in [0.3, 0.4) is 0 Å². The van der Waals surface area contributed by atoms with E-state index in [1.807, 2.05) is 13.8 Å². The van der Waals surface area contributed by atoms with Crippen LogP contribution in [0.15, 0.2) is 10.7 Å². The van der Waals surface area contributed by atoms with E-state index in [0.717, 1.165) is 15.9 Å². The summed E-state index contributed by atoms with van der Waals surface area (Å²) in [6.07, 6.45) is -3.01. The quantitative estimate of drug-likeness (QED) is 0.868. The predicted molar refractivity (Wildman–Crippen MR) is 79.7 cm³/mol. The Balaban J connectivity index is 2.18. The van der Waals surface area contributed by atoms with Gasteiger partial charge in [0.1, 0.15) is 5.69 Å². The normalized spacial score (nSPS) is 11.8. The van der Waals surface area contributed by atoms with Crippen LogP contribution in [0.1, 0.15) is 34.4 Å². The summed E-state index contributed by atoms with van der Waals surface area (Å²) in [7, 11) is 1.29. The minimum absolute atomic E-state index is 0.170. The van der Waals surface area contributed by atoms with Crippen LogP contribution in [0.2, 0.25) is 0 Å². The van der Waals surface area contributed by atoms with Crippen LogP contribution in [-0.2, 0) is 26.3 Å². The van der Waals surface area contributed by atoms with Crippen LogP contribution in [0, 0.1) is 6.92 Å². The molecule has 126 valence electrons. The molecule has 0 aliphatic heterocycles.